The van der Waals surface area contributed by atoms with Crippen LogP contribution in [0, 0.1) is 5.82 Å². The van der Waals surface area contributed by atoms with Gasteiger partial charge in [0.15, 0.2) is 5.82 Å². The quantitative estimate of drug-likeness (QED) is 0.735. The van der Waals surface area contributed by atoms with E-state index >= 15 is 0 Å². The largest absolute Gasteiger partial charge is 0.456 e. The molecule has 0 fully saturated rings. The van der Waals surface area contributed by atoms with Crippen LogP contribution >= 0.6 is 27.3 Å². The molecule has 0 saturated heterocycles. The number of hydrogen-bond acceptors (Lipinski definition) is 3. The highest BCUT2D eigenvalue weighted by molar-refractivity contribution is 9.10. The van der Waals surface area contributed by atoms with E-state index in [0.717, 1.165) is 11.3 Å². The van der Waals surface area contributed by atoms with Crippen molar-refractivity contribution >= 4 is 33.2 Å². The van der Waals surface area contributed by atoms with Gasteiger partial charge >= 0.3 is 5.97 Å². The summed E-state index contributed by atoms with van der Waals surface area (Å²) >= 11 is 4.02. The van der Waals surface area contributed by atoms with E-state index in [4.69, 9.17) is 4.74 Å². The van der Waals surface area contributed by atoms with Gasteiger partial charge < -0.3 is 4.74 Å². The molecule has 2 nitrogen and oxygen atoms in total. The van der Waals surface area contributed by atoms with E-state index < -0.39 is 17.4 Å². The molecule has 0 unspecified atom stereocenters. The van der Waals surface area contributed by atoms with Gasteiger partial charge in [-0.3, -0.25) is 0 Å². The molecule has 1 aromatic heterocycles. The van der Waals surface area contributed by atoms with Crippen molar-refractivity contribution in [3.63, 3.8) is 0 Å². The molecular weight excluding hydrogens is 271 g/mol. The van der Waals surface area contributed by atoms with Gasteiger partial charge in [0.1, 0.15) is 10.5 Å². The lowest BCUT2D eigenvalue weighted by molar-refractivity contribution is 0.00708. The summed E-state index contributed by atoms with van der Waals surface area (Å²) in [6.45, 7) is 5.22. The molecule has 78 valence electrons. The average Bonchev–Trinajstić information content (AvgIpc) is 2.29. The maximum atomic E-state index is 13.2. The Balaban J connectivity index is 2.86. The predicted molar refractivity (Wildman–Crippen MR) is 57.1 cm³/mol. The molecule has 0 spiro atoms. The molecule has 0 aliphatic rings. The lowest BCUT2D eigenvalue weighted by Gasteiger charge is -2.18. The minimum Gasteiger partial charge on any atom is -0.456 e. The topological polar surface area (TPSA) is 26.3 Å². The van der Waals surface area contributed by atoms with Crippen LogP contribution in [-0.2, 0) is 4.74 Å². The molecule has 0 N–H and O–H groups in total. The van der Waals surface area contributed by atoms with E-state index in [2.05, 4.69) is 15.9 Å². The van der Waals surface area contributed by atoms with E-state index in [1.165, 1.54) is 5.38 Å². The molecule has 1 heterocycles. The third kappa shape index (κ3) is 2.78. The van der Waals surface area contributed by atoms with Crippen molar-refractivity contribution in [1.82, 2.24) is 0 Å². The van der Waals surface area contributed by atoms with Gasteiger partial charge in [-0.1, -0.05) is 0 Å². The molecule has 1 rings (SSSR count). The van der Waals surface area contributed by atoms with Crippen molar-refractivity contribution in [2.75, 3.05) is 0 Å². The number of esters is 1. The van der Waals surface area contributed by atoms with Crippen LogP contribution < -0.4 is 0 Å². The first-order valence-electron chi connectivity index (χ1n) is 3.97. The van der Waals surface area contributed by atoms with Crippen molar-refractivity contribution in [2.24, 2.45) is 0 Å². The van der Waals surface area contributed by atoms with Crippen LogP contribution in [0.4, 0.5) is 4.39 Å². The van der Waals surface area contributed by atoms with E-state index in [1.54, 1.807) is 20.8 Å². The fourth-order valence-corrected chi connectivity index (χ4v) is 2.07. The smallest absolute Gasteiger partial charge is 0.351 e. The first-order valence-corrected chi connectivity index (χ1v) is 5.64. The molecule has 0 aliphatic carbocycles. The Hall–Kier alpha value is -0.420. The summed E-state index contributed by atoms with van der Waals surface area (Å²) in [5.74, 6) is -1.17. The molecule has 0 bridgehead atoms. The molecule has 0 saturated carbocycles. The van der Waals surface area contributed by atoms with Crippen molar-refractivity contribution in [1.29, 1.82) is 0 Å². The number of carbonyl (C=O) groups excluding carboxylic acids is 1. The minimum absolute atomic E-state index is 0.00630. The van der Waals surface area contributed by atoms with Gasteiger partial charge in [0, 0.05) is 5.38 Å². The third-order valence-electron chi connectivity index (χ3n) is 1.27. The summed E-state index contributed by atoms with van der Waals surface area (Å²) in [5.41, 5.74) is -0.597. The fraction of sp³-hybridized carbons (Fsp3) is 0.444. The van der Waals surface area contributed by atoms with E-state index in [9.17, 15) is 9.18 Å². The highest BCUT2D eigenvalue weighted by Gasteiger charge is 2.23. The second-order valence-corrected chi connectivity index (χ2v) is 5.46. The van der Waals surface area contributed by atoms with Crippen LogP contribution in [0.1, 0.15) is 30.4 Å². The second-order valence-electron chi connectivity index (χ2n) is 3.73. The van der Waals surface area contributed by atoms with Crippen LogP contribution in [0.25, 0.3) is 0 Å². The summed E-state index contributed by atoms with van der Waals surface area (Å²) in [4.78, 5) is 11.4. The summed E-state index contributed by atoms with van der Waals surface area (Å²) in [7, 11) is 0. The van der Waals surface area contributed by atoms with Gasteiger partial charge in [-0.25, -0.2) is 9.18 Å². The number of carbonyl (C=O) groups is 1. The van der Waals surface area contributed by atoms with Gasteiger partial charge in [-0.2, -0.15) is 0 Å². The lowest BCUT2D eigenvalue weighted by Crippen LogP contribution is -2.23. The third-order valence-corrected chi connectivity index (χ3v) is 3.09. The maximum absolute atomic E-state index is 13.2. The first kappa shape index (κ1) is 11.7. The van der Waals surface area contributed by atoms with Crippen molar-refractivity contribution in [3.05, 3.63) is 20.5 Å². The Morgan fingerprint density at radius 1 is 1.57 bits per heavy atom. The summed E-state index contributed by atoms with van der Waals surface area (Å²) in [6.07, 6.45) is 0. The fourth-order valence-electron chi connectivity index (χ4n) is 0.785. The Labute approximate surface area is 94.2 Å². The van der Waals surface area contributed by atoms with Gasteiger partial charge in [0.25, 0.3) is 0 Å². The number of hydrogen-bond donors (Lipinski definition) is 0. The molecule has 0 amide bonds. The van der Waals surface area contributed by atoms with Crippen molar-refractivity contribution in [2.45, 2.75) is 26.4 Å². The number of halogens is 2. The maximum Gasteiger partial charge on any atom is 0.351 e. The highest BCUT2D eigenvalue weighted by Crippen LogP contribution is 2.27. The Morgan fingerprint density at radius 3 is 2.50 bits per heavy atom. The SMILES string of the molecule is CC(C)(C)OC(=O)c1scc(Br)c1F. The van der Waals surface area contributed by atoms with Gasteiger partial charge in [0.05, 0.1) is 4.47 Å². The van der Waals surface area contributed by atoms with Crippen molar-refractivity contribution in [3.8, 4) is 0 Å². The lowest BCUT2D eigenvalue weighted by atomic mass is 10.2. The average molecular weight is 281 g/mol. The molecule has 0 radical (unpaired) electrons. The standard InChI is InChI=1S/C9H10BrFO2S/c1-9(2,3)13-8(12)7-6(11)5(10)4-14-7/h4H,1-3H3. The molecule has 0 aliphatic heterocycles. The van der Waals surface area contributed by atoms with Gasteiger partial charge in [-0.15, -0.1) is 11.3 Å². The number of ether oxygens (including phenoxy) is 1. The van der Waals surface area contributed by atoms with Crippen molar-refractivity contribution < 1.29 is 13.9 Å². The molecule has 1 aromatic rings. The van der Waals surface area contributed by atoms with E-state index in [-0.39, 0.29) is 4.88 Å². The second kappa shape index (κ2) is 3.98. The van der Waals surface area contributed by atoms with Crippen LogP contribution in [-0.4, -0.2) is 11.6 Å². The molecule has 5 heteroatoms. The monoisotopic (exact) mass is 280 g/mol. The summed E-state index contributed by atoms with van der Waals surface area (Å²) in [5, 5.41) is 1.52. The van der Waals surface area contributed by atoms with E-state index in [1.807, 2.05) is 0 Å². The van der Waals surface area contributed by atoms with Gasteiger partial charge in [0.2, 0.25) is 0 Å². The Bertz CT molecular complexity index is 354. The van der Waals surface area contributed by atoms with Crippen LogP contribution in [0.15, 0.2) is 9.85 Å². The molecule has 0 aromatic carbocycles. The summed E-state index contributed by atoms with van der Waals surface area (Å²) < 4.78 is 18.6. The zero-order valence-electron chi connectivity index (χ0n) is 8.06. The Kier molecular flexibility index (Phi) is 3.32. The minimum atomic E-state index is -0.620. The van der Waals surface area contributed by atoms with Crippen LogP contribution in [0.5, 0.6) is 0 Å². The summed E-state index contributed by atoms with van der Waals surface area (Å²) in [6, 6.07) is 0. The zero-order chi connectivity index (χ0) is 10.9. The molecule has 0 atom stereocenters. The predicted octanol–water partition coefficient (Wildman–Crippen LogP) is 3.61. The van der Waals surface area contributed by atoms with Gasteiger partial charge in [-0.05, 0) is 36.7 Å². The normalized spacial score (nSPS) is 11.5. The highest BCUT2D eigenvalue weighted by atomic mass is 79.9. The van der Waals surface area contributed by atoms with Crippen LogP contribution in [0.2, 0.25) is 0 Å². The Morgan fingerprint density at radius 2 is 2.14 bits per heavy atom. The number of thiophene rings is 1. The number of rotatable bonds is 1. The molecule has 14 heavy (non-hydrogen) atoms. The first-order chi connectivity index (χ1) is 6.31. The molecular formula is C9H10BrFO2S. The van der Waals surface area contributed by atoms with E-state index in [0.29, 0.717) is 4.47 Å². The van der Waals surface area contributed by atoms with Crippen LogP contribution in [0.3, 0.4) is 0 Å². The zero-order valence-corrected chi connectivity index (χ0v) is 10.5.